The molecule has 0 saturated carbocycles. The van der Waals surface area contributed by atoms with E-state index in [0.717, 1.165) is 19.3 Å². The molecule has 6 nitrogen and oxygen atoms in total. The summed E-state index contributed by atoms with van der Waals surface area (Å²) in [6, 6.07) is -0.0249. The van der Waals surface area contributed by atoms with Crippen LogP contribution in [0.4, 0.5) is 13.2 Å². The van der Waals surface area contributed by atoms with E-state index in [2.05, 4.69) is 15.6 Å². The average molecular weight is 415 g/mol. The van der Waals surface area contributed by atoms with Crippen molar-refractivity contribution in [2.75, 3.05) is 44.7 Å². The Balaban J connectivity index is 2.37. The van der Waals surface area contributed by atoms with Crippen molar-refractivity contribution in [3.05, 3.63) is 0 Å². The molecule has 2 N–H and O–H groups in total. The van der Waals surface area contributed by atoms with E-state index in [1.165, 1.54) is 11.2 Å². The van der Waals surface area contributed by atoms with Crippen LogP contribution in [0.25, 0.3) is 0 Å². The van der Waals surface area contributed by atoms with E-state index in [9.17, 15) is 21.6 Å². The molecule has 10 heteroatoms. The quantitative estimate of drug-likeness (QED) is 0.446. The lowest BCUT2D eigenvalue weighted by Crippen LogP contribution is -2.43. The van der Waals surface area contributed by atoms with Crippen molar-refractivity contribution in [2.45, 2.75) is 51.7 Å². The zero-order valence-corrected chi connectivity index (χ0v) is 17.3. The molecule has 1 saturated heterocycles. The van der Waals surface area contributed by atoms with Crippen LogP contribution in [0.1, 0.15) is 39.5 Å². The molecule has 0 radical (unpaired) electrons. The zero-order chi connectivity index (χ0) is 20.5. The van der Waals surface area contributed by atoms with Crippen LogP contribution in [0.2, 0.25) is 0 Å². The van der Waals surface area contributed by atoms with Crippen molar-refractivity contribution >= 4 is 15.8 Å². The van der Waals surface area contributed by atoms with Crippen molar-refractivity contribution in [3.8, 4) is 0 Å². The van der Waals surface area contributed by atoms with E-state index in [-0.39, 0.29) is 11.8 Å². The summed E-state index contributed by atoms with van der Waals surface area (Å²) < 4.78 is 59.8. The summed E-state index contributed by atoms with van der Waals surface area (Å²) in [6.07, 6.45) is -0.0356. The summed E-state index contributed by atoms with van der Waals surface area (Å²) in [5.41, 5.74) is 0. The number of likely N-dealkylation sites (tertiary alicyclic amines) is 1. The first-order valence-electron chi connectivity index (χ1n) is 9.50. The summed E-state index contributed by atoms with van der Waals surface area (Å²) >= 11 is 0. The Labute approximate surface area is 160 Å². The van der Waals surface area contributed by atoms with Crippen molar-refractivity contribution < 1.29 is 21.6 Å². The Morgan fingerprint density at radius 1 is 1.30 bits per heavy atom. The standard InChI is InChI=1S/C17H33F3N4O2S/c1-4-21-16(23-14(2)8-12-27(3,25)26)22-9-5-15-6-10-24(11-7-15)13-17(18,19)20/h14-15H,4-13H2,1-3H3,(H2,21,22,23). The van der Waals surface area contributed by atoms with Gasteiger partial charge in [0.15, 0.2) is 5.96 Å². The molecule has 0 aliphatic carbocycles. The Morgan fingerprint density at radius 3 is 2.44 bits per heavy atom. The number of guanidine groups is 1. The summed E-state index contributed by atoms with van der Waals surface area (Å²) in [5, 5.41) is 6.34. The maximum Gasteiger partial charge on any atom is 0.401 e. The molecular formula is C17H33F3N4O2S. The third-order valence-electron chi connectivity index (χ3n) is 4.57. The monoisotopic (exact) mass is 414 g/mol. The van der Waals surface area contributed by atoms with Gasteiger partial charge in [-0.3, -0.25) is 9.89 Å². The number of aliphatic imine (C=N–C) groups is 1. The molecule has 1 aliphatic heterocycles. The Bertz CT molecular complexity index is 559. The molecule has 0 aromatic rings. The fraction of sp³-hybridized carbons (Fsp3) is 0.941. The van der Waals surface area contributed by atoms with Crippen molar-refractivity contribution in [3.63, 3.8) is 0 Å². The molecule has 0 amide bonds. The molecular weight excluding hydrogens is 381 g/mol. The van der Waals surface area contributed by atoms with Crippen molar-refractivity contribution in [1.29, 1.82) is 0 Å². The minimum atomic E-state index is -4.13. The number of piperidine rings is 1. The lowest BCUT2D eigenvalue weighted by Gasteiger charge is -2.32. The summed E-state index contributed by atoms with van der Waals surface area (Å²) in [5.74, 6) is 1.16. The number of sulfone groups is 1. The van der Waals surface area contributed by atoms with Crippen molar-refractivity contribution in [2.24, 2.45) is 10.9 Å². The van der Waals surface area contributed by atoms with Crippen LogP contribution in [-0.4, -0.2) is 76.2 Å². The molecule has 1 atom stereocenters. The molecule has 27 heavy (non-hydrogen) atoms. The largest absolute Gasteiger partial charge is 0.401 e. The van der Waals surface area contributed by atoms with Crippen LogP contribution >= 0.6 is 0 Å². The predicted octanol–water partition coefficient (Wildman–Crippen LogP) is 2.03. The van der Waals surface area contributed by atoms with Crippen LogP contribution in [0.15, 0.2) is 4.99 Å². The highest BCUT2D eigenvalue weighted by atomic mass is 32.2. The molecule has 1 aliphatic rings. The minimum absolute atomic E-state index is 0.0249. The Morgan fingerprint density at radius 2 is 1.93 bits per heavy atom. The van der Waals surface area contributed by atoms with Crippen LogP contribution in [0.3, 0.4) is 0 Å². The molecule has 0 bridgehead atoms. The molecule has 1 heterocycles. The van der Waals surface area contributed by atoms with E-state index in [1.54, 1.807) is 0 Å². The second-order valence-electron chi connectivity index (χ2n) is 7.35. The highest BCUT2D eigenvalue weighted by Crippen LogP contribution is 2.24. The number of nitrogens with one attached hydrogen (secondary N) is 2. The first kappa shape index (κ1) is 24.0. The normalized spacial score (nSPS) is 19.1. The van der Waals surface area contributed by atoms with Gasteiger partial charge in [0.2, 0.25) is 0 Å². The molecule has 0 spiro atoms. The van der Waals surface area contributed by atoms with Gasteiger partial charge in [0.05, 0.1) is 12.3 Å². The van der Waals surface area contributed by atoms with Crippen LogP contribution in [-0.2, 0) is 9.84 Å². The van der Waals surface area contributed by atoms with E-state index in [1.807, 2.05) is 13.8 Å². The second-order valence-corrected chi connectivity index (χ2v) is 9.61. The van der Waals surface area contributed by atoms with Gasteiger partial charge in [-0.2, -0.15) is 13.2 Å². The maximum absolute atomic E-state index is 12.4. The molecule has 160 valence electrons. The number of rotatable bonds is 9. The van der Waals surface area contributed by atoms with Gasteiger partial charge in [0, 0.05) is 25.4 Å². The van der Waals surface area contributed by atoms with Gasteiger partial charge in [-0.1, -0.05) is 0 Å². The third-order valence-corrected chi connectivity index (χ3v) is 5.54. The number of alkyl halides is 3. The van der Waals surface area contributed by atoms with Gasteiger partial charge >= 0.3 is 6.18 Å². The molecule has 0 aromatic carbocycles. The van der Waals surface area contributed by atoms with Gasteiger partial charge in [-0.25, -0.2) is 8.42 Å². The zero-order valence-electron chi connectivity index (χ0n) is 16.5. The van der Waals surface area contributed by atoms with Crippen LogP contribution in [0, 0.1) is 5.92 Å². The van der Waals surface area contributed by atoms with Crippen LogP contribution < -0.4 is 10.6 Å². The lowest BCUT2D eigenvalue weighted by molar-refractivity contribution is -0.148. The minimum Gasteiger partial charge on any atom is -0.357 e. The van der Waals surface area contributed by atoms with Crippen LogP contribution in [0.5, 0.6) is 0 Å². The van der Waals surface area contributed by atoms with Gasteiger partial charge in [0.1, 0.15) is 9.84 Å². The lowest BCUT2D eigenvalue weighted by atomic mass is 9.93. The first-order chi connectivity index (χ1) is 12.5. The average Bonchev–Trinajstić information content (AvgIpc) is 2.53. The Hall–Kier alpha value is -1.03. The van der Waals surface area contributed by atoms with Gasteiger partial charge in [-0.05, 0) is 58.5 Å². The number of nitrogens with zero attached hydrogens (tertiary/aromatic N) is 2. The SMILES string of the molecule is CCNC(=NCCC1CCN(CC(F)(F)F)CC1)NC(C)CCS(C)(=O)=O. The molecule has 1 unspecified atom stereocenters. The maximum atomic E-state index is 12.4. The van der Waals surface area contributed by atoms with E-state index >= 15 is 0 Å². The number of halogens is 3. The highest BCUT2D eigenvalue weighted by molar-refractivity contribution is 7.90. The second kappa shape index (κ2) is 11.1. The molecule has 0 aromatic heterocycles. The topological polar surface area (TPSA) is 73.8 Å². The molecule has 1 rings (SSSR count). The third kappa shape index (κ3) is 12.1. The Kier molecular flexibility index (Phi) is 9.86. The fourth-order valence-corrected chi connectivity index (χ4v) is 3.84. The van der Waals surface area contributed by atoms with Crippen molar-refractivity contribution in [1.82, 2.24) is 15.5 Å². The number of hydrogen-bond acceptors (Lipinski definition) is 4. The summed E-state index contributed by atoms with van der Waals surface area (Å²) in [7, 11) is -2.99. The smallest absolute Gasteiger partial charge is 0.357 e. The fourth-order valence-electron chi connectivity index (χ4n) is 3.06. The van der Waals surface area contributed by atoms with E-state index in [4.69, 9.17) is 0 Å². The highest BCUT2D eigenvalue weighted by Gasteiger charge is 2.32. The first-order valence-corrected chi connectivity index (χ1v) is 11.6. The van der Waals surface area contributed by atoms with E-state index < -0.39 is 22.6 Å². The predicted molar refractivity (Wildman–Crippen MR) is 103 cm³/mol. The van der Waals surface area contributed by atoms with Gasteiger partial charge in [0.25, 0.3) is 0 Å². The number of hydrogen-bond donors (Lipinski definition) is 2. The van der Waals surface area contributed by atoms with Gasteiger partial charge < -0.3 is 10.6 Å². The van der Waals surface area contributed by atoms with E-state index in [0.29, 0.717) is 44.5 Å². The summed E-state index contributed by atoms with van der Waals surface area (Å²) in [4.78, 5) is 5.99. The summed E-state index contributed by atoms with van der Waals surface area (Å²) in [6.45, 7) is 5.29. The van der Waals surface area contributed by atoms with Gasteiger partial charge in [-0.15, -0.1) is 0 Å². The molecule has 1 fully saturated rings.